The number of carbonyl (C=O) groups excluding carboxylic acids is 2. The average molecular weight is 490 g/mol. The number of unbranched alkanes of at least 4 members (excludes halogenated alkanes) is 1. The van der Waals surface area contributed by atoms with Gasteiger partial charge in [-0.15, -0.1) is 11.3 Å². The highest BCUT2D eigenvalue weighted by Gasteiger charge is 2.34. The van der Waals surface area contributed by atoms with Gasteiger partial charge in [-0.25, -0.2) is 4.98 Å². The molecule has 0 radical (unpaired) electrons. The fourth-order valence-electron chi connectivity index (χ4n) is 3.40. The van der Waals surface area contributed by atoms with Crippen molar-refractivity contribution >= 4 is 23.2 Å². The molecule has 0 bridgehead atoms. The molecule has 2 amide bonds. The maximum atomic E-state index is 12.8. The molecule has 1 heterocycles. The molecule has 0 aliphatic heterocycles. The number of aliphatic hydroxyl groups is 2. The summed E-state index contributed by atoms with van der Waals surface area (Å²) < 4.78 is 5.17. The molecule has 0 aliphatic rings. The number of thiazole rings is 1. The Morgan fingerprint density at radius 1 is 1.24 bits per heavy atom. The molecule has 0 saturated carbocycles. The Hall–Kier alpha value is -2.75. The molecule has 1 aromatic carbocycles. The topological polar surface area (TPSA) is 112 Å². The van der Waals surface area contributed by atoms with Crippen molar-refractivity contribution in [3.05, 3.63) is 58.1 Å². The first-order valence-electron chi connectivity index (χ1n) is 11.4. The number of allylic oxidation sites excluding steroid dienone is 1. The van der Waals surface area contributed by atoms with E-state index in [1.807, 2.05) is 57.2 Å². The van der Waals surface area contributed by atoms with Gasteiger partial charge in [-0.1, -0.05) is 37.6 Å². The lowest BCUT2D eigenvalue weighted by molar-refractivity contribution is -0.154. The zero-order valence-electron chi connectivity index (χ0n) is 20.2. The first-order chi connectivity index (χ1) is 16.3. The summed E-state index contributed by atoms with van der Waals surface area (Å²) in [4.78, 5) is 32.0. The van der Waals surface area contributed by atoms with Crippen LogP contribution in [0.3, 0.4) is 0 Å². The van der Waals surface area contributed by atoms with Crippen LogP contribution in [-0.2, 0) is 22.6 Å². The van der Waals surface area contributed by atoms with Gasteiger partial charge in [-0.2, -0.15) is 0 Å². The number of rotatable bonds is 13. The number of aromatic nitrogens is 1. The highest BCUT2D eigenvalue weighted by atomic mass is 32.1. The molecule has 8 nitrogen and oxygen atoms in total. The highest BCUT2D eigenvalue weighted by Crippen LogP contribution is 2.19. The van der Waals surface area contributed by atoms with Crippen molar-refractivity contribution in [2.75, 3.05) is 13.7 Å². The minimum Gasteiger partial charge on any atom is -0.497 e. The first-order valence-corrected chi connectivity index (χ1v) is 12.3. The summed E-state index contributed by atoms with van der Waals surface area (Å²) in [5.74, 6) is -0.694. The van der Waals surface area contributed by atoms with Crippen LogP contribution in [-0.4, -0.2) is 63.8 Å². The Balaban J connectivity index is 1.92. The summed E-state index contributed by atoms with van der Waals surface area (Å²) in [6, 6.07) is 7.50. The van der Waals surface area contributed by atoms with E-state index in [9.17, 15) is 19.8 Å². The lowest BCUT2D eigenvalue weighted by atomic mass is 10.1. The largest absolute Gasteiger partial charge is 0.497 e. The van der Waals surface area contributed by atoms with Crippen LogP contribution >= 0.6 is 11.3 Å². The molecule has 0 aliphatic carbocycles. The summed E-state index contributed by atoms with van der Waals surface area (Å²) in [6.45, 7) is 6.21. The number of hydrogen-bond donors (Lipinski definition) is 3. The van der Waals surface area contributed by atoms with Gasteiger partial charge >= 0.3 is 0 Å². The van der Waals surface area contributed by atoms with Crippen LogP contribution in [0.4, 0.5) is 0 Å². The fraction of sp³-hybridized carbons (Fsp3) is 0.480. The number of aliphatic hydroxyl groups excluding tert-OH is 2. The Morgan fingerprint density at radius 3 is 2.56 bits per heavy atom. The Bertz CT molecular complexity index is 944. The van der Waals surface area contributed by atoms with Crippen LogP contribution in [0.2, 0.25) is 0 Å². The minimum atomic E-state index is -1.87. The molecule has 186 valence electrons. The number of hydrogen-bond acceptors (Lipinski definition) is 7. The second kappa shape index (κ2) is 13.8. The maximum absolute atomic E-state index is 12.8. The van der Waals surface area contributed by atoms with Gasteiger partial charge in [-0.05, 0) is 38.0 Å². The summed E-state index contributed by atoms with van der Waals surface area (Å²) >= 11 is 1.45. The molecule has 34 heavy (non-hydrogen) atoms. The Kier molecular flexibility index (Phi) is 11.2. The minimum absolute atomic E-state index is 0.0958. The van der Waals surface area contributed by atoms with E-state index >= 15 is 0 Å². The molecule has 1 aromatic heterocycles. The van der Waals surface area contributed by atoms with Crippen molar-refractivity contribution in [3.63, 3.8) is 0 Å². The molecule has 0 spiro atoms. The van der Waals surface area contributed by atoms with Crippen LogP contribution in [0, 0.1) is 0 Å². The predicted octanol–water partition coefficient (Wildman–Crippen LogP) is 2.67. The normalized spacial score (nSPS) is 13.9. The Morgan fingerprint density at radius 2 is 1.94 bits per heavy atom. The van der Waals surface area contributed by atoms with E-state index in [-0.39, 0.29) is 12.6 Å². The smallest absolute Gasteiger partial charge is 0.255 e. The molecule has 9 heteroatoms. The van der Waals surface area contributed by atoms with Gasteiger partial charge in [-0.3, -0.25) is 9.59 Å². The number of ether oxygens (including phenoxy) is 1. The van der Waals surface area contributed by atoms with Crippen LogP contribution in [0.1, 0.15) is 49.1 Å². The van der Waals surface area contributed by atoms with Crippen LogP contribution in [0.15, 0.2) is 42.6 Å². The Labute approximate surface area is 205 Å². The third kappa shape index (κ3) is 7.93. The number of methoxy groups -OCH3 is 1. The SMILES string of the molecule is C/C=C/C(C)N(CCCC)C(=O)[C@H](O)[C@@H](O)C(=O)NCc1ncc(Cc2ccc(OC)cc2)s1. The zero-order valence-corrected chi connectivity index (χ0v) is 21.0. The second-order valence-corrected chi connectivity index (χ2v) is 9.20. The van der Waals surface area contributed by atoms with Gasteiger partial charge in [0, 0.05) is 30.1 Å². The standard InChI is InChI=1S/C25H35N3O5S/c1-5-7-13-28(17(3)8-6-2)25(32)23(30)22(29)24(31)27-16-21-26-15-20(34-21)14-18-9-11-19(33-4)12-10-18/h6,8-12,15,17,22-23,29-30H,5,7,13-14,16H2,1-4H3,(H,27,31)/b8-6+/t17?,22-,23-/m1/s1. The van der Waals surface area contributed by atoms with E-state index in [0.717, 1.165) is 29.0 Å². The summed E-state index contributed by atoms with van der Waals surface area (Å²) in [7, 11) is 1.62. The summed E-state index contributed by atoms with van der Waals surface area (Å²) in [5, 5.41) is 23.9. The molecular formula is C25H35N3O5S. The van der Waals surface area contributed by atoms with Gasteiger partial charge in [0.25, 0.3) is 11.8 Å². The van der Waals surface area contributed by atoms with Crippen molar-refractivity contribution in [1.29, 1.82) is 0 Å². The van der Waals surface area contributed by atoms with E-state index in [0.29, 0.717) is 18.0 Å². The number of nitrogens with one attached hydrogen (secondary N) is 1. The van der Waals surface area contributed by atoms with Crippen molar-refractivity contribution in [2.24, 2.45) is 0 Å². The van der Waals surface area contributed by atoms with Crippen LogP contribution < -0.4 is 10.1 Å². The van der Waals surface area contributed by atoms with Crippen molar-refractivity contribution in [3.8, 4) is 5.75 Å². The molecular weight excluding hydrogens is 454 g/mol. The van der Waals surface area contributed by atoms with Crippen molar-refractivity contribution in [1.82, 2.24) is 15.2 Å². The van der Waals surface area contributed by atoms with E-state index in [2.05, 4.69) is 10.3 Å². The van der Waals surface area contributed by atoms with Crippen molar-refractivity contribution in [2.45, 2.75) is 64.8 Å². The molecule has 0 fully saturated rings. The monoisotopic (exact) mass is 489 g/mol. The average Bonchev–Trinajstić information content (AvgIpc) is 3.29. The predicted molar refractivity (Wildman–Crippen MR) is 133 cm³/mol. The molecule has 0 saturated heterocycles. The maximum Gasteiger partial charge on any atom is 0.255 e. The number of amides is 2. The number of benzene rings is 1. The van der Waals surface area contributed by atoms with Crippen molar-refractivity contribution < 1.29 is 24.5 Å². The van der Waals surface area contributed by atoms with E-state index in [1.54, 1.807) is 13.3 Å². The van der Waals surface area contributed by atoms with Crippen LogP contribution in [0.25, 0.3) is 0 Å². The molecule has 2 aromatic rings. The number of nitrogens with zero attached hydrogens (tertiary/aromatic N) is 2. The fourth-order valence-corrected chi connectivity index (χ4v) is 4.29. The molecule has 2 rings (SSSR count). The number of carbonyl (C=O) groups is 2. The van der Waals surface area contributed by atoms with E-state index < -0.39 is 24.0 Å². The molecule has 3 atom stereocenters. The van der Waals surface area contributed by atoms with Gasteiger partial charge in [0.05, 0.1) is 13.7 Å². The van der Waals surface area contributed by atoms with Gasteiger partial charge in [0.2, 0.25) is 0 Å². The lowest BCUT2D eigenvalue weighted by Gasteiger charge is -2.30. The third-order valence-electron chi connectivity index (χ3n) is 5.37. The van der Waals surface area contributed by atoms with E-state index in [4.69, 9.17) is 4.74 Å². The van der Waals surface area contributed by atoms with E-state index in [1.165, 1.54) is 16.2 Å². The van der Waals surface area contributed by atoms with Crippen LogP contribution in [0.5, 0.6) is 5.75 Å². The zero-order chi connectivity index (χ0) is 25.1. The summed E-state index contributed by atoms with van der Waals surface area (Å²) in [5.41, 5.74) is 1.11. The molecule has 1 unspecified atom stereocenters. The lowest BCUT2D eigenvalue weighted by Crippen LogP contribution is -2.52. The quantitative estimate of drug-likeness (QED) is 0.373. The summed E-state index contributed by atoms with van der Waals surface area (Å²) in [6.07, 6.45) is 4.02. The second-order valence-electron chi connectivity index (χ2n) is 8.00. The first kappa shape index (κ1) is 27.5. The third-order valence-corrected chi connectivity index (χ3v) is 6.37. The van der Waals surface area contributed by atoms with Gasteiger partial charge in [0.15, 0.2) is 12.2 Å². The van der Waals surface area contributed by atoms with Gasteiger partial charge < -0.3 is 25.2 Å². The molecule has 3 N–H and O–H groups in total. The highest BCUT2D eigenvalue weighted by molar-refractivity contribution is 7.11. The van der Waals surface area contributed by atoms with Gasteiger partial charge in [0.1, 0.15) is 10.8 Å².